The van der Waals surface area contributed by atoms with Gasteiger partial charge in [0.25, 0.3) is 0 Å². The molecule has 1 N–H and O–H groups in total. The average molecular weight is 353 g/mol. The number of fused-ring (bicyclic) bond motifs is 1. The molecule has 1 aromatic carbocycles. The molecular weight excluding hydrogens is 328 g/mol. The van der Waals surface area contributed by atoms with E-state index in [1.807, 2.05) is 0 Å². The first-order chi connectivity index (χ1) is 10.3. The lowest BCUT2D eigenvalue weighted by Gasteiger charge is -2.26. The summed E-state index contributed by atoms with van der Waals surface area (Å²) < 4.78 is 6.99. The van der Waals surface area contributed by atoms with Crippen molar-refractivity contribution >= 4 is 15.9 Å². The molecule has 0 saturated carbocycles. The van der Waals surface area contributed by atoms with Crippen LogP contribution in [0.25, 0.3) is 0 Å². The van der Waals surface area contributed by atoms with Gasteiger partial charge >= 0.3 is 0 Å². The van der Waals surface area contributed by atoms with Gasteiger partial charge in [-0.2, -0.15) is 0 Å². The lowest BCUT2D eigenvalue weighted by atomic mass is 10.0. The second kappa shape index (κ2) is 7.12. The van der Waals surface area contributed by atoms with Gasteiger partial charge < -0.3 is 10.1 Å². The highest BCUT2D eigenvalue weighted by atomic mass is 79.9. The summed E-state index contributed by atoms with van der Waals surface area (Å²) in [6, 6.07) is 7.56. The summed E-state index contributed by atoms with van der Waals surface area (Å²) in [5.74, 6) is 1.04. The van der Waals surface area contributed by atoms with Gasteiger partial charge in [0.15, 0.2) is 0 Å². The minimum absolute atomic E-state index is 0.426. The summed E-state index contributed by atoms with van der Waals surface area (Å²) >= 11 is 3.54. The van der Waals surface area contributed by atoms with Crippen molar-refractivity contribution in [1.82, 2.24) is 10.2 Å². The van der Waals surface area contributed by atoms with Crippen molar-refractivity contribution in [3.63, 3.8) is 0 Å². The van der Waals surface area contributed by atoms with E-state index >= 15 is 0 Å². The minimum Gasteiger partial charge on any atom is -0.493 e. The highest BCUT2D eigenvalue weighted by Gasteiger charge is 2.25. The standard InChI is InChI=1S/C17H25BrN2O/c1-2-20-9-3-5-14(20)12-19-16-6-4-10-21-17-11-13(18)7-8-15(16)17/h7-8,11,14,16,19H,2-6,9-10,12H2,1H3. The van der Waals surface area contributed by atoms with Gasteiger partial charge in [-0.1, -0.05) is 28.9 Å². The van der Waals surface area contributed by atoms with Gasteiger partial charge in [0.2, 0.25) is 0 Å². The molecule has 1 saturated heterocycles. The molecule has 0 spiro atoms. The molecule has 2 unspecified atom stereocenters. The zero-order chi connectivity index (χ0) is 14.7. The molecule has 2 aliphatic rings. The first-order valence-electron chi connectivity index (χ1n) is 8.17. The van der Waals surface area contributed by atoms with Gasteiger partial charge in [-0.3, -0.25) is 4.90 Å². The largest absolute Gasteiger partial charge is 0.493 e. The topological polar surface area (TPSA) is 24.5 Å². The SMILES string of the molecule is CCN1CCCC1CNC1CCCOc2cc(Br)ccc21. The van der Waals surface area contributed by atoms with Crippen molar-refractivity contribution in [1.29, 1.82) is 0 Å². The van der Waals surface area contributed by atoms with Crippen LogP contribution in [-0.2, 0) is 0 Å². The normalized spacial score (nSPS) is 26.2. The van der Waals surface area contributed by atoms with Gasteiger partial charge in [0, 0.05) is 28.7 Å². The van der Waals surface area contributed by atoms with Crippen LogP contribution in [0.1, 0.15) is 44.2 Å². The lowest BCUT2D eigenvalue weighted by molar-refractivity contribution is 0.252. The number of halogens is 1. The first-order valence-corrected chi connectivity index (χ1v) is 8.97. The van der Waals surface area contributed by atoms with Crippen molar-refractivity contribution in [2.45, 2.75) is 44.7 Å². The Kier molecular flexibility index (Phi) is 5.19. The zero-order valence-corrected chi connectivity index (χ0v) is 14.4. The summed E-state index contributed by atoms with van der Waals surface area (Å²) in [7, 11) is 0. The van der Waals surface area contributed by atoms with E-state index in [1.165, 1.54) is 31.5 Å². The second-order valence-corrected chi connectivity index (χ2v) is 6.97. The van der Waals surface area contributed by atoms with E-state index in [2.05, 4.69) is 51.3 Å². The molecule has 3 rings (SSSR count). The van der Waals surface area contributed by atoms with Crippen LogP contribution in [0.15, 0.2) is 22.7 Å². The van der Waals surface area contributed by atoms with Crippen LogP contribution in [0, 0.1) is 0 Å². The van der Waals surface area contributed by atoms with Crippen molar-refractivity contribution in [3.05, 3.63) is 28.2 Å². The molecule has 0 aliphatic carbocycles. The maximum absolute atomic E-state index is 5.89. The zero-order valence-electron chi connectivity index (χ0n) is 12.8. The van der Waals surface area contributed by atoms with Gasteiger partial charge in [-0.05, 0) is 50.9 Å². The Morgan fingerprint density at radius 2 is 2.24 bits per heavy atom. The molecule has 0 aromatic heterocycles. The predicted octanol–water partition coefficient (Wildman–Crippen LogP) is 3.74. The third-order valence-electron chi connectivity index (χ3n) is 4.75. The molecular formula is C17H25BrN2O. The monoisotopic (exact) mass is 352 g/mol. The van der Waals surface area contributed by atoms with Crippen LogP contribution < -0.4 is 10.1 Å². The van der Waals surface area contributed by atoms with E-state index in [4.69, 9.17) is 4.74 Å². The fourth-order valence-electron chi connectivity index (χ4n) is 3.58. The van der Waals surface area contributed by atoms with Crippen molar-refractivity contribution in [2.75, 3.05) is 26.2 Å². The molecule has 21 heavy (non-hydrogen) atoms. The highest BCUT2D eigenvalue weighted by molar-refractivity contribution is 9.10. The van der Waals surface area contributed by atoms with Crippen LogP contribution >= 0.6 is 15.9 Å². The summed E-state index contributed by atoms with van der Waals surface area (Å²) in [6.45, 7) is 6.62. The van der Waals surface area contributed by atoms with E-state index in [9.17, 15) is 0 Å². The van der Waals surface area contributed by atoms with E-state index in [-0.39, 0.29) is 0 Å². The van der Waals surface area contributed by atoms with E-state index in [1.54, 1.807) is 0 Å². The number of nitrogens with one attached hydrogen (secondary N) is 1. The maximum atomic E-state index is 5.89. The third-order valence-corrected chi connectivity index (χ3v) is 5.24. The van der Waals surface area contributed by atoms with Crippen LogP contribution in [0.4, 0.5) is 0 Å². The molecule has 2 aliphatic heterocycles. The van der Waals surface area contributed by atoms with Gasteiger partial charge in [-0.25, -0.2) is 0 Å². The number of likely N-dealkylation sites (N-methyl/N-ethyl adjacent to an activating group) is 1. The number of rotatable bonds is 4. The number of nitrogens with zero attached hydrogens (tertiary/aromatic N) is 1. The molecule has 3 nitrogen and oxygen atoms in total. The number of hydrogen-bond acceptors (Lipinski definition) is 3. The van der Waals surface area contributed by atoms with E-state index < -0.39 is 0 Å². The summed E-state index contributed by atoms with van der Waals surface area (Å²) in [5, 5.41) is 3.81. The molecule has 4 heteroatoms. The number of hydrogen-bond donors (Lipinski definition) is 1. The third kappa shape index (κ3) is 3.61. The van der Waals surface area contributed by atoms with Crippen LogP contribution in [0.2, 0.25) is 0 Å². The predicted molar refractivity (Wildman–Crippen MR) is 89.9 cm³/mol. The maximum Gasteiger partial charge on any atom is 0.125 e. The van der Waals surface area contributed by atoms with Gasteiger partial charge in [0.1, 0.15) is 5.75 Å². The minimum atomic E-state index is 0.426. The fraction of sp³-hybridized carbons (Fsp3) is 0.647. The van der Waals surface area contributed by atoms with Crippen LogP contribution in [0.3, 0.4) is 0 Å². The molecule has 1 fully saturated rings. The smallest absolute Gasteiger partial charge is 0.125 e. The second-order valence-electron chi connectivity index (χ2n) is 6.06. The Hall–Kier alpha value is -0.580. The van der Waals surface area contributed by atoms with Crippen LogP contribution in [0.5, 0.6) is 5.75 Å². The Labute approximate surface area is 136 Å². The average Bonchev–Trinajstić information content (AvgIpc) is 2.85. The summed E-state index contributed by atoms with van der Waals surface area (Å²) in [4.78, 5) is 2.60. The molecule has 2 atom stereocenters. The Morgan fingerprint density at radius 1 is 1.33 bits per heavy atom. The Bertz CT molecular complexity index is 480. The highest BCUT2D eigenvalue weighted by Crippen LogP contribution is 2.33. The Balaban J connectivity index is 1.68. The van der Waals surface area contributed by atoms with Crippen molar-refractivity contribution < 1.29 is 4.74 Å². The van der Waals surface area contributed by atoms with Crippen LogP contribution in [-0.4, -0.2) is 37.2 Å². The molecule has 116 valence electrons. The molecule has 0 amide bonds. The molecule has 0 bridgehead atoms. The molecule has 2 heterocycles. The Morgan fingerprint density at radius 3 is 3.10 bits per heavy atom. The molecule has 0 radical (unpaired) electrons. The lowest BCUT2D eigenvalue weighted by Crippen LogP contribution is -2.39. The number of ether oxygens (including phenoxy) is 1. The molecule has 1 aromatic rings. The number of likely N-dealkylation sites (tertiary alicyclic amines) is 1. The van der Waals surface area contributed by atoms with E-state index in [0.29, 0.717) is 12.1 Å². The van der Waals surface area contributed by atoms with Gasteiger partial charge in [-0.15, -0.1) is 0 Å². The van der Waals surface area contributed by atoms with Crippen molar-refractivity contribution in [3.8, 4) is 5.75 Å². The quantitative estimate of drug-likeness (QED) is 0.893. The summed E-state index contributed by atoms with van der Waals surface area (Å²) in [6.07, 6.45) is 4.95. The van der Waals surface area contributed by atoms with Gasteiger partial charge in [0.05, 0.1) is 6.61 Å². The first kappa shape index (κ1) is 15.3. The number of benzene rings is 1. The van der Waals surface area contributed by atoms with Crippen molar-refractivity contribution in [2.24, 2.45) is 0 Å². The summed E-state index contributed by atoms with van der Waals surface area (Å²) in [5.41, 5.74) is 1.32. The fourth-order valence-corrected chi connectivity index (χ4v) is 3.92. The van der Waals surface area contributed by atoms with E-state index in [0.717, 1.165) is 36.2 Å².